The number of nitrogens with one attached hydrogen (secondary N) is 1. The van der Waals surface area contributed by atoms with E-state index >= 15 is 0 Å². The van der Waals surface area contributed by atoms with Crippen LogP contribution in [0.5, 0.6) is 0 Å². The Morgan fingerprint density at radius 3 is 2.50 bits per heavy atom. The summed E-state index contributed by atoms with van der Waals surface area (Å²) in [4.78, 5) is 0. The molecule has 0 saturated heterocycles. The molecule has 0 atom stereocenters. The summed E-state index contributed by atoms with van der Waals surface area (Å²) in [6.45, 7) is 1.77. The average Bonchev–Trinajstić information content (AvgIpc) is 2.86. The molecule has 1 heterocycles. The van der Waals surface area contributed by atoms with Gasteiger partial charge in [0, 0.05) is 5.02 Å². The molecule has 120 valence electrons. The topological polar surface area (TPSA) is 69.4 Å². The summed E-state index contributed by atoms with van der Waals surface area (Å²) in [6.07, 6.45) is 0. The van der Waals surface area contributed by atoms with Gasteiger partial charge < -0.3 is 13.5 Å². The maximum atomic E-state index is 6.11. The van der Waals surface area contributed by atoms with Crippen molar-refractivity contribution in [2.75, 3.05) is 18.3 Å². The third-order valence-electron chi connectivity index (χ3n) is 2.42. The predicted molar refractivity (Wildman–Crippen MR) is 90.9 cm³/mol. The summed E-state index contributed by atoms with van der Waals surface area (Å²) in [5, 5.41) is 11.6. The first kappa shape index (κ1) is 17.7. The molecule has 0 radical (unpaired) electrons. The maximum Gasteiger partial charge on any atom is 0.323 e. The van der Waals surface area contributed by atoms with Gasteiger partial charge in [0.1, 0.15) is 0 Å². The van der Waals surface area contributed by atoms with Crippen molar-refractivity contribution in [3.05, 3.63) is 28.2 Å². The summed E-state index contributed by atoms with van der Waals surface area (Å²) in [5.74, 6) is 0.249. The van der Waals surface area contributed by atoms with Crippen LogP contribution in [0.15, 0.2) is 22.6 Å². The Balaban J connectivity index is 2.22. The van der Waals surface area contributed by atoms with Crippen molar-refractivity contribution >= 4 is 47.7 Å². The minimum absolute atomic E-state index is 0.117. The lowest BCUT2D eigenvalue weighted by molar-refractivity contribution is 0.270. The zero-order valence-electron chi connectivity index (χ0n) is 11.9. The van der Waals surface area contributed by atoms with Gasteiger partial charge in [0.15, 0.2) is 0 Å². The van der Waals surface area contributed by atoms with Crippen molar-refractivity contribution < 1.29 is 13.5 Å². The molecule has 0 aliphatic heterocycles. The standard InChI is InChI=1S/C12H14Cl2N3O3PS/c1-3-18-21(22,19-4-2)17-12-16-15-11(20-12)9-6-5-8(13)7-10(9)14/h5-7H,3-4H2,1-2H3,(H,16,17,22). The Kier molecular flexibility index (Phi) is 6.20. The van der Waals surface area contributed by atoms with Crippen LogP contribution in [0.2, 0.25) is 10.0 Å². The van der Waals surface area contributed by atoms with Crippen molar-refractivity contribution in [2.24, 2.45) is 0 Å². The van der Waals surface area contributed by atoms with E-state index < -0.39 is 6.64 Å². The van der Waals surface area contributed by atoms with Crippen LogP contribution in [0.3, 0.4) is 0 Å². The molecular formula is C12H14Cl2N3O3PS. The molecule has 0 fully saturated rings. The predicted octanol–water partition coefficient (Wildman–Crippen LogP) is 4.75. The third-order valence-corrected chi connectivity index (χ3v) is 5.53. The maximum absolute atomic E-state index is 6.11. The van der Waals surface area contributed by atoms with Crippen LogP contribution in [0.1, 0.15) is 13.8 Å². The lowest BCUT2D eigenvalue weighted by Gasteiger charge is -2.19. The summed E-state index contributed by atoms with van der Waals surface area (Å²) in [5.41, 5.74) is 0.577. The highest BCUT2D eigenvalue weighted by atomic mass is 35.5. The summed E-state index contributed by atoms with van der Waals surface area (Å²) in [7, 11) is 0. The minimum Gasteiger partial charge on any atom is -0.403 e. The highest BCUT2D eigenvalue weighted by Gasteiger charge is 2.22. The average molecular weight is 382 g/mol. The van der Waals surface area contributed by atoms with Gasteiger partial charge in [-0.1, -0.05) is 28.3 Å². The molecule has 6 nitrogen and oxygen atoms in total. The second-order valence-electron chi connectivity index (χ2n) is 3.98. The number of nitrogens with zero attached hydrogens (tertiary/aromatic N) is 2. The number of halogens is 2. The molecule has 2 aromatic rings. The highest BCUT2D eigenvalue weighted by molar-refractivity contribution is 8.10. The van der Waals surface area contributed by atoms with E-state index in [1.165, 1.54) is 0 Å². The van der Waals surface area contributed by atoms with E-state index in [1.54, 1.807) is 18.2 Å². The first-order valence-electron chi connectivity index (χ1n) is 6.43. The molecule has 0 bridgehead atoms. The van der Waals surface area contributed by atoms with E-state index in [9.17, 15) is 0 Å². The second-order valence-corrected chi connectivity index (χ2v) is 8.00. The number of aromatic nitrogens is 2. The summed E-state index contributed by atoms with van der Waals surface area (Å²) < 4.78 is 16.4. The number of hydrogen-bond acceptors (Lipinski definition) is 6. The molecule has 22 heavy (non-hydrogen) atoms. The second kappa shape index (κ2) is 7.73. The molecule has 0 aliphatic carbocycles. The van der Waals surface area contributed by atoms with Crippen molar-refractivity contribution in [1.82, 2.24) is 10.2 Å². The van der Waals surface area contributed by atoms with Gasteiger partial charge in [0.25, 0.3) is 12.5 Å². The van der Waals surface area contributed by atoms with Gasteiger partial charge in [-0.25, -0.2) is 0 Å². The first-order valence-corrected chi connectivity index (χ1v) is 9.83. The van der Waals surface area contributed by atoms with Crippen molar-refractivity contribution in [3.63, 3.8) is 0 Å². The van der Waals surface area contributed by atoms with Crippen LogP contribution < -0.4 is 5.09 Å². The molecule has 1 aromatic heterocycles. The molecular weight excluding hydrogens is 368 g/mol. The van der Waals surface area contributed by atoms with Crippen LogP contribution in [0.25, 0.3) is 11.5 Å². The number of benzene rings is 1. The fraction of sp³-hybridized carbons (Fsp3) is 0.333. The SMILES string of the molecule is CCOP(=S)(Nc1nnc(-c2ccc(Cl)cc2Cl)o1)OCC. The van der Waals surface area contributed by atoms with Crippen molar-refractivity contribution in [1.29, 1.82) is 0 Å². The fourth-order valence-electron chi connectivity index (χ4n) is 1.60. The first-order chi connectivity index (χ1) is 10.5. The molecule has 10 heteroatoms. The lowest BCUT2D eigenvalue weighted by Crippen LogP contribution is -2.04. The van der Waals surface area contributed by atoms with Crippen molar-refractivity contribution in [3.8, 4) is 11.5 Å². The molecule has 0 amide bonds. The van der Waals surface area contributed by atoms with Crippen LogP contribution >= 0.6 is 29.8 Å². The van der Waals surface area contributed by atoms with Crippen molar-refractivity contribution in [2.45, 2.75) is 13.8 Å². The smallest absolute Gasteiger partial charge is 0.323 e. The zero-order valence-corrected chi connectivity index (χ0v) is 15.1. The van der Waals surface area contributed by atoms with E-state index in [0.717, 1.165) is 0 Å². The number of rotatable bonds is 7. The molecule has 0 saturated carbocycles. The van der Waals surface area contributed by atoms with Gasteiger partial charge in [-0.05, 0) is 43.9 Å². The third kappa shape index (κ3) is 4.41. The summed E-state index contributed by atoms with van der Waals surface area (Å²) >= 11 is 17.3. The molecule has 2 rings (SSSR count). The van der Waals surface area contributed by atoms with Crippen LogP contribution in [-0.2, 0) is 20.9 Å². The van der Waals surface area contributed by atoms with E-state index in [1.807, 2.05) is 13.8 Å². The van der Waals surface area contributed by atoms with Gasteiger partial charge in [-0.15, -0.1) is 5.10 Å². The fourth-order valence-corrected chi connectivity index (χ4v) is 4.16. The minimum atomic E-state index is -2.71. The normalized spacial score (nSPS) is 11.6. The largest absolute Gasteiger partial charge is 0.403 e. The zero-order chi connectivity index (χ0) is 16.2. The van der Waals surface area contributed by atoms with E-state index in [0.29, 0.717) is 28.8 Å². The molecule has 1 N–H and O–H groups in total. The van der Waals surface area contributed by atoms with Crippen LogP contribution in [0, 0.1) is 0 Å². The monoisotopic (exact) mass is 381 g/mol. The highest BCUT2D eigenvalue weighted by Crippen LogP contribution is 2.48. The van der Waals surface area contributed by atoms with E-state index in [4.69, 9.17) is 48.5 Å². The Morgan fingerprint density at radius 1 is 1.23 bits per heavy atom. The Bertz CT molecular complexity index is 688. The molecule has 0 spiro atoms. The summed E-state index contributed by atoms with van der Waals surface area (Å²) in [6, 6.07) is 5.10. The van der Waals surface area contributed by atoms with E-state index in [2.05, 4.69) is 15.3 Å². The molecule has 1 aromatic carbocycles. The van der Waals surface area contributed by atoms with Gasteiger partial charge in [0.05, 0.1) is 23.8 Å². The lowest BCUT2D eigenvalue weighted by atomic mass is 10.2. The Labute approximate surface area is 143 Å². The van der Waals surface area contributed by atoms with E-state index in [-0.39, 0.29) is 11.9 Å². The van der Waals surface area contributed by atoms with Gasteiger partial charge >= 0.3 is 6.01 Å². The Morgan fingerprint density at radius 2 is 1.91 bits per heavy atom. The number of hydrogen-bond donors (Lipinski definition) is 1. The molecule has 0 unspecified atom stereocenters. The quantitative estimate of drug-likeness (QED) is 0.693. The van der Waals surface area contributed by atoms with Gasteiger partial charge in [-0.3, -0.25) is 5.09 Å². The van der Waals surface area contributed by atoms with Gasteiger partial charge in [-0.2, -0.15) is 0 Å². The van der Waals surface area contributed by atoms with Gasteiger partial charge in [0.2, 0.25) is 0 Å². The Hall–Kier alpha value is -0.690. The molecule has 0 aliphatic rings. The van der Waals surface area contributed by atoms with Crippen LogP contribution in [-0.4, -0.2) is 23.4 Å². The number of anilines is 1. The van der Waals surface area contributed by atoms with Crippen LogP contribution in [0.4, 0.5) is 6.01 Å².